The van der Waals surface area contributed by atoms with Crippen molar-refractivity contribution in [2.75, 3.05) is 6.54 Å². The number of phenolic OH excluding ortho intramolecular Hbond substituents is 1. The summed E-state index contributed by atoms with van der Waals surface area (Å²) >= 11 is 0. The first-order chi connectivity index (χ1) is 12.5. The van der Waals surface area contributed by atoms with Gasteiger partial charge in [-0.3, -0.25) is 4.79 Å². The molecule has 0 aliphatic carbocycles. The van der Waals surface area contributed by atoms with Gasteiger partial charge >= 0.3 is 0 Å². The van der Waals surface area contributed by atoms with Crippen molar-refractivity contribution in [3.05, 3.63) is 47.3 Å². The van der Waals surface area contributed by atoms with Crippen LogP contribution >= 0.6 is 0 Å². The molecule has 1 aliphatic heterocycles. The Hall–Kier alpha value is -2.30. The molecule has 0 radical (unpaired) electrons. The molecule has 1 N–H and O–H groups in total. The van der Waals surface area contributed by atoms with E-state index in [4.69, 9.17) is 4.52 Å². The Morgan fingerprint density at radius 1 is 1.35 bits per heavy atom. The number of likely N-dealkylation sites (tertiary alicyclic amines) is 1. The molecular weight excluding hydrogens is 328 g/mol. The van der Waals surface area contributed by atoms with Crippen LogP contribution in [0, 0.1) is 5.92 Å². The molecule has 5 heteroatoms. The number of nitrogens with zero attached hydrogens (tertiary/aromatic N) is 2. The van der Waals surface area contributed by atoms with Gasteiger partial charge in [-0.25, -0.2) is 0 Å². The number of benzene rings is 1. The van der Waals surface area contributed by atoms with Crippen LogP contribution in [0.5, 0.6) is 5.75 Å². The van der Waals surface area contributed by atoms with Crippen molar-refractivity contribution in [1.82, 2.24) is 10.1 Å². The molecule has 5 nitrogen and oxygen atoms in total. The summed E-state index contributed by atoms with van der Waals surface area (Å²) < 4.78 is 5.33. The summed E-state index contributed by atoms with van der Waals surface area (Å²) in [6.45, 7) is 5.01. The van der Waals surface area contributed by atoms with Crippen molar-refractivity contribution >= 4 is 5.91 Å². The summed E-state index contributed by atoms with van der Waals surface area (Å²) in [5.41, 5.74) is 1.94. The highest BCUT2D eigenvalue weighted by molar-refractivity contribution is 5.91. The second-order valence-electron chi connectivity index (χ2n) is 7.64. The van der Waals surface area contributed by atoms with E-state index in [1.54, 1.807) is 18.2 Å². The number of hydrogen-bond donors (Lipinski definition) is 1. The molecule has 1 aromatic carbocycles. The normalized spacial score (nSPS) is 17.7. The van der Waals surface area contributed by atoms with E-state index in [2.05, 4.69) is 19.0 Å². The first-order valence-corrected chi connectivity index (χ1v) is 9.57. The number of carbonyl (C=O) groups is 1. The molecule has 1 atom stereocenters. The highest BCUT2D eigenvalue weighted by Crippen LogP contribution is 2.24. The third-order valence-corrected chi connectivity index (χ3v) is 4.95. The lowest BCUT2D eigenvalue weighted by Gasteiger charge is -2.35. The average Bonchev–Trinajstić information content (AvgIpc) is 3.07. The topological polar surface area (TPSA) is 66.6 Å². The molecule has 1 aliphatic rings. The van der Waals surface area contributed by atoms with E-state index in [9.17, 15) is 9.90 Å². The smallest absolute Gasteiger partial charge is 0.292 e. The van der Waals surface area contributed by atoms with E-state index in [0.717, 1.165) is 56.3 Å². The third-order valence-electron chi connectivity index (χ3n) is 4.95. The number of aromatic hydroxyl groups is 1. The fraction of sp³-hybridized carbons (Fsp3) is 0.524. The molecule has 26 heavy (non-hydrogen) atoms. The zero-order chi connectivity index (χ0) is 18.5. The molecule has 0 spiro atoms. The second-order valence-corrected chi connectivity index (χ2v) is 7.64. The van der Waals surface area contributed by atoms with Gasteiger partial charge in [-0.2, -0.15) is 0 Å². The Morgan fingerprint density at radius 3 is 2.96 bits per heavy atom. The Morgan fingerprint density at radius 2 is 2.19 bits per heavy atom. The molecule has 1 amide bonds. The Bertz CT molecular complexity index is 738. The number of phenols is 1. The van der Waals surface area contributed by atoms with Crippen LogP contribution in [0.1, 0.15) is 61.3 Å². The van der Waals surface area contributed by atoms with Gasteiger partial charge in [0.15, 0.2) is 0 Å². The standard InChI is InChI=1S/C21H28N2O3/c1-15(2)12-17-14-20(26-22-17)21(25)23-11-4-3-7-18(23)10-9-16-6-5-8-19(24)13-16/h5-6,8,13-15,18,24H,3-4,7,9-12H2,1-2H3/t18-/m0/s1. The maximum absolute atomic E-state index is 12.9. The fourth-order valence-corrected chi connectivity index (χ4v) is 3.68. The maximum Gasteiger partial charge on any atom is 0.292 e. The Balaban J connectivity index is 1.66. The van der Waals surface area contributed by atoms with E-state index < -0.39 is 0 Å². The van der Waals surface area contributed by atoms with Crippen LogP contribution in [-0.4, -0.2) is 33.7 Å². The Kier molecular flexibility index (Phi) is 5.96. The highest BCUT2D eigenvalue weighted by atomic mass is 16.5. The third kappa shape index (κ3) is 4.65. The molecule has 2 aromatic rings. The number of piperidine rings is 1. The monoisotopic (exact) mass is 356 g/mol. The molecule has 140 valence electrons. The number of carbonyl (C=O) groups excluding carboxylic acids is 1. The molecule has 0 bridgehead atoms. The fourth-order valence-electron chi connectivity index (χ4n) is 3.68. The van der Waals surface area contributed by atoms with Crippen molar-refractivity contribution in [1.29, 1.82) is 0 Å². The molecule has 1 saturated heterocycles. The van der Waals surface area contributed by atoms with Crippen molar-refractivity contribution in [3.63, 3.8) is 0 Å². The van der Waals surface area contributed by atoms with Crippen LogP contribution in [0.4, 0.5) is 0 Å². The van der Waals surface area contributed by atoms with Gasteiger partial charge in [-0.15, -0.1) is 0 Å². The average molecular weight is 356 g/mol. The zero-order valence-electron chi connectivity index (χ0n) is 15.6. The number of amides is 1. The van der Waals surface area contributed by atoms with Crippen molar-refractivity contribution < 1.29 is 14.4 Å². The minimum atomic E-state index is -0.0480. The lowest BCUT2D eigenvalue weighted by molar-refractivity contribution is 0.0560. The van der Waals surface area contributed by atoms with Gasteiger partial charge in [0, 0.05) is 18.7 Å². The Labute approximate surface area is 155 Å². The predicted octanol–water partition coefficient (Wildman–Crippen LogP) is 4.21. The van der Waals surface area contributed by atoms with Gasteiger partial charge in [0.05, 0.1) is 5.69 Å². The summed E-state index contributed by atoms with van der Waals surface area (Å²) in [4.78, 5) is 14.9. The van der Waals surface area contributed by atoms with Crippen LogP contribution in [0.25, 0.3) is 0 Å². The van der Waals surface area contributed by atoms with E-state index in [-0.39, 0.29) is 11.9 Å². The second kappa shape index (κ2) is 8.39. The largest absolute Gasteiger partial charge is 0.508 e. The van der Waals surface area contributed by atoms with E-state index in [1.165, 1.54) is 0 Å². The molecule has 0 saturated carbocycles. The minimum absolute atomic E-state index is 0.0480. The predicted molar refractivity (Wildman–Crippen MR) is 100 cm³/mol. The van der Waals surface area contributed by atoms with Gasteiger partial charge < -0.3 is 14.5 Å². The summed E-state index contributed by atoms with van der Waals surface area (Å²) in [5, 5.41) is 13.7. The summed E-state index contributed by atoms with van der Waals surface area (Å²) in [6, 6.07) is 9.35. The zero-order valence-corrected chi connectivity index (χ0v) is 15.6. The maximum atomic E-state index is 12.9. The van der Waals surface area contributed by atoms with Crippen LogP contribution in [0.15, 0.2) is 34.9 Å². The molecule has 1 aromatic heterocycles. The van der Waals surface area contributed by atoms with Gasteiger partial charge in [0.2, 0.25) is 5.76 Å². The minimum Gasteiger partial charge on any atom is -0.508 e. The van der Waals surface area contributed by atoms with Crippen molar-refractivity contribution in [2.45, 2.75) is 58.4 Å². The first-order valence-electron chi connectivity index (χ1n) is 9.57. The van der Waals surface area contributed by atoms with Gasteiger partial charge in [-0.05, 0) is 62.1 Å². The van der Waals surface area contributed by atoms with Crippen LogP contribution in [0.3, 0.4) is 0 Å². The SMILES string of the molecule is CC(C)Cc1cc(C(=O)N2CCCC[C@H]2CCc2cccc(O)c2)on1. The molecule has 1 fully saturated rings. The summed E-state index contributed by atoms with van der Waals surface area (Å²) in [7, 11) is 0. The number of aromatic nitrogens is 1. The number of aryl methyl sites for hydroxylation is 1. The number of hydrogen-bond acceptors (Lipinski definition) is 4. The highest BCUT2D eigenvalue weighted by Gasteiger charge is 2.29. The number of rotatable bonds is 6. The van der Waals surface area contributed by atoms with Gasteiger partial charge in [-0.1, -0.05) is 31.1 Å². The van der Waals surface area contributed by atoms with Crippen molar-refractivity contribution in [2.24, 2.45) is 5.92 Å². The molecule has 2 heterocycles. The van der Waals surface area contributed by atoms with Gasteiger partial charge in [0.1, 0.15) is 5.75 Å². The molecule has 3 rings (SSSR count). The summed E-state index contributed by atoms with van der Waals surface area (Å²) in [5.74, 6) is 1.07. The van der Waals surface area contributed by atoms with Gasteiger partial charge in [0.25, 0.3) is 5.91 Å². The van der Waals surface area contributed by atoms with Crippen LogP contribution < -0.4 is 0 Å². The lowest BCUT2D eigenvalue weighted by atomic mass is 9.95. The molecule has 0 unspecified atom stereocenters. The first kappa shape index (κ1) is 18.5. The van der Waals surface area contributed by atoms with Crippen LogP contribution in [-0.2, 0) is 12.8 Å². The van der Waals surface area contributed by atoms with Crippen molar-refractivity contribution in [3.8, 4) is 5.75 Å². The van der Waals surface area contributed by atoms with E-state index in [1.807, 2.05) is 17.0 Å². The van der Waals surface area contributed by atoms with E-state index >= 15 is 0 Å². The lowest BCUT2D eigenvalue weighted by Crippen LogP contribution is -2.43. The molecular formula is C21H28N2O3. The van der Waals surface area contributed by atoms with E-state index in [0.29, 0.717) is 17.4 Å². The summed E-state index contributed by atoms with van der Waals surface area (Å²) in [6.07, 6.45) is 5.74. The van der Waals surface area contributed by atoms with Crippen LogP contribution in [0.2, 0.25) is 0 Å². The quantitative estimate of drug-likeness (QED) is 0.842.